The highest BCUT2D eigenvalue weighted by Gasteiger charge is 2.37. The van der Waals surface area contributed by atoms with E-state index in [9.17, 15) is 14.4 Å². The van der Waals surface area contributed by atoms with Crippen molar-refractivity contribution in [3.63, 3.8) is 0 Å². The van der Waals surface area contributed by atoms with Crippen molar-refractivity contribution in [1.29, 1.82) is 0 Å². The maximum atomic E-state index is 12.8. The van der Waals surface area contributed by atoms with Crippen molar-refractivity contribution < 1.29 is 19.1 Å². The number of carbonyl (C=O) groups excluding carboxylic acids is 3. The molecule has 0 saturated carbocycles. The Labute approximate surface area is 163 Å². The van der Waals surface area contributed by atoms with Crippen LogP contribution in [0, 0.1) is 0 Å². The Morgan fingerprint density at radius 3 is 3.00 bits per heavy atom. The Morgan fingerprint density at radius 1 is 1.39 bits per heavy atom. The van der Waals surface area contributed by atoms with Gasteiger partial charge in [0.1, 0.15) is 18.7 Å². The summed E-state index contributed by atoms with van der Waals surface area (Å²) in [7, 11) is 0. The number of nitrogens with zero attached hydrogens (tertiary/aromatic N) is 2. The van der Waals surface area contributed by atoms with Crippen LogP contribution >= 0.6 is 0 Å². The van der Waals surface area contributed by atoms with Crippen LogP contribution in [0.3, 0.4) is 0 Å². The molecule has 28 heavy (non-hydrogen) atoms. The van der Waals surface area contributed by atoms with Crippen LogP contribution in [0.2, 0.25) is 0 Å². The van der Waals surface area contributed by atoms with E-state index in [4.69, 9.17) is 4.74 Å². The Morgan fingerprint density at radius 2 is 2.21 bits per heavy atom. The molecule has 1 aromatic heterocycles. The summed E-state index contributed by atoms with van der Waals surface area (Å²) in [6.45, 7) is 5.71. The zero-order valence-corrected chi connectivity index (χ0v) is 15.8. The van der Waals surface area contributed by atoms with Crippen LogP contribution in [0.5, 0.6) is 0 Å². The molecule has 0 aliphatic carbocycles. The van der Waals surface area contributed by atoms with Gasteiger partial charge in [0, 0.05) is 23.7 Å². The van der Waals surface area contributed by atoms with Crippen molar-refractivity contribution in [1.82, 2.24) is 15.2 Å². The molecule has 2 amide bonds. The molecule has 2 heterocycles. The van der Waals surface area contributed by atoms with Gasteiger partial charge < -0.3 is 15.0 Å². The third-order valence-electron chi connectivity index (χ3n) is 4.73. The number of ether oxygens (including phenoxy) is 1. The van der Waals surface area contributed by atoms with E-state index in [0.717, 1.165) is 17.3 Å². The fourth-order valence-electron chi connectivity index (χ4n) is 3.32. The zero-order valence-electron chi connectivity index (χ0n) is 15.8. The third kappa shape index (κ3) is 4.19. The quantitative estimate of drug-likeness (QED) is 0.611. The van der Waals surface area contributed by atoms with E-state index >= 15 is 0 Å². The third-order valence-corrected chi connectivity index (χ3v) is 4.73. The number of benzene rings is 1. The second kappa shape index (κ2) is 8.65. The lowest BCUT2D eigenvalue weighted by atomic mass is 10.1. The van der Waals surface area contributed by atoms with Crippen molar-refractivity contribution in [3.05, 3.63) is 54.7 Å². The first-order valence-electron chi connectivity index (χ1n) is 9.25. The number of nitrogens with one attached hydrogen (secondary N) is 1. The highest BCUT2D eigenvalue weighted by Crippen LogP contribution is 2.20. The van der Waals surface area contributed by atoms with E-state index in [0.29, 0.717) is 18.5 Å². The van der Waals surface area contributed by atoms with Gasteiger partial charge in [-0.3, -0.25) is 14.6 Å². The molecule has 7 heteroatoms. The minimum absolute atomic E-state index is 0.112. The number of rotatable bonds is 6. The lowest BCUT2D eigenvalue weighted by molar-refractivity contribution is -0.152. The number of carbonyl (C=O) groups is 3. The highest BCUT2D eigenvalue weighted by atomic mass is 16.5. The lowest BCUT2D eigenvalue weighted by Gasteiger charge is -2.26. The number of hydrogen-bond donors (Lipinski definition) is 1. The standard InChI is InChI=1S/C21H23N3O4/c1-3-12-28-21(27)18-7-5-11-24(18)20(26)14(2)23-19(25)16-8-9-17-15(13-16)6-4-10-22-17/h3-4,6,8-10,13-14,18H,1,5,7,11-12H2,2H3,(H,23,25)/t14-,18+/m0/s1. The maximum absolute atomic E-state index is 12.8. The Kier molecular flexibility index (Phi) is 6.03. The van der Waals surface area contributed by atoms with Gasteiger partial charge in [-0.05, 0) is 44.0 Å². The first kappa shape index (κ1) is 19.5. The zero-order chi connectivity index (χ0) is 20.1. The molecule has 146 valence electrons. The summed E-state index contributed by atoms with van der Waals surface area (Å²) in [5.74, 6) is -1.09. The van der Waals surface area contributed by atoms with Crippen LogP contribution < -0.4 is 5.32 Å². The van der Waals surface area contributed by atoms with Gasteiger partial charge in [0.2, 0.25) is 5.91 Å². The number of fused-ring (bicyclic) bond motifs is 1. The molecule has 1 N–H and O–H groups in total. The molecule has 1 saturated heterocycles. The van der Waals surface area contributed by atoms with Gasteiger partial charge in [-0.15, -0.1) is 0 Å². The molecule has 2 aromatic rings. The van der Waals surface area contributed by atoms with Crippen molar-refractivity contribution in [3.8, 4) is 0 Å². The smallest absolute Gasteiger partial charge is 0.329 e. The lowest BCUT2D eigenvalue weighted by Crippen LogP contribution is -2.50. The molecule has 0 radical (unpaired) electrons. The second-order valence-corrected chi connectivity index (χ2v) is 6.71. The van der Waals surface area contributed by atoms with Gasteiger partial charge in [0.05, 0.1) is 5.52 Å². The average Bonchev–Trinajstić information content (AvgIpc) is 3.20. The summed E-state index contributed by atoms with van der Waals surface area (Å²) in [6, 6.07) is 7.48. The van der Waals surface area contributed by atoms with Gasteiger partial charge in [-0.25, -0.2) is 4.79 Å². The van der Waals surface area contributed by atoms with E-state index in [2.05, 4.69) is 16.9 Å². The second-order valence-electron chi connectivity index (χ2n) is 6.71. The normalized spacial score (nSPS) is 17.2. The number of amides is 2. The first-order valence-corrected chi connectivity index (χ1v) is 9.25. The van der Waals surface area contributed by atoms with E-state index in [-0.39, 0.29) is 18.4 Å². The van der Waals surface area contributed by atoms with Gasteiger partial charge in [-0.1, -0.05) is 18.7 Å². The Balaban J connectivity index is 1.66. The number of esters is 1. The van der Waals surface area contributed by atoms with Crippen LogP contribution in [0.25, 0.3) is 10.9 Å². The average molecular weight is 381 g/mol. The summed E-state index contributed by atoms with van der Waals surface area (Å²) in [5.41, 5.74) is 1.24. The number of hydrogen-bond acceptors (Lipinski definition) is 5. The van der Waals surface area contributed by atoms with Crippen LogP contribution in [-0.4, -0.2) is 52.9 Å². The molecule has 0 unspecified atom stereocenters. The van der Waals surface area contributed by atoms with Gasteiger partial charge >= 0.3 is 5.97 Å². The molecule has 0 spiro atoms. The molecule has 1 fully saturated rings. The molecule has 2 atom stereocenters. The SMILES string of the molecule is C=CCOC(=O)[C@H]1CCCN1C(=O)[C@H](C)NC(=O)c1ccc2ncccc2c1. The summed E-state index contributed by atoms with van der Waals surface area (Å²) in [4.78, 5) is 43.2. The first-order chi connectivity index (χ1) is 13.5. The van der Waals surface area contributed by atoms with Gasteiger partial charge in [-0.2, -0.15) is 0 Å². The van der Waals surface area contributed by atoms with Crippen LogP contribution in [0.4, 0.5) is 0 Å². The topological polar surface area (TPSA) is 88.6 Å². The number of likely N-dealkylation sites (tertiary alicyclic amines) is 1. The van der Waals surface area contributed by atoms with Gasteiger partial charge in [0.15, 0.2) is 0 Å². The predicted molar refractivity (Wildman–Crippen MR) is 105 cm³/mol. The fraction of sp³-hybridized carbons (Fsp3) is 0.333. The van der Waals surface area contributed by atoms with E-state index in [1.54, 1.807) is 37.4 Å². The van der Waals surface area contributed by atoms with Crippen LogP contribution in [-0.2, 0) is 14.3 Å². The summed E-state index contributed by atoms with van der Waals surface area (Å²) < 4.78 is 5.08. The predicted octanol–water partition coefficient (Wildman–Crippen LogP) is 2.07. The van der Waals surface area contributed by atoms with E-state index in [1.807, 2.05) is 6.07 Å². The summed E-state index contributed by atoms with van der Waals surface area (Å²) in [6.07, 6.45) is 4.45. The van der Waals surface area contributed by atoms with Crippen molar-refractivity contribution in [2.75, 3.05) is 13.2 Å². The number of aromatic nitrogens is 1. The summed E-state index contributed by atoms with van der Waals surface area (Å²) in [5, 5.41) is 3.57. The molecular formula is C21H23N3O4. The van der Waals surface area contributed by atoms with Crippen molar-refractivity contribution >= 4 is 28.7 Å². The highest BCUT2D eigenvalue weighted by molar-refractivity contribution is 6.00. The molecule has 1 aromatic carbocycles. The molecule has 7 nitrogen and oxygen atoms in total. The minimum Gasteiger partial charge on any atom is -0.460 e. The summed E-state index contributed by atoms with van der Waals surface area (Å²) >= 11 is 0. The van der Waals surface area contributed by atoms with Crippen LogP contribution in [0.15, 0.2) is 49.2 Å². The Bertz CT molecular complexity index is 911. The number of pyridine rings is 1. The molecule has 1 aliphatic rings. The fourth-order valence-corrected chi connectivity index (χ4v) is 3.32. The monoisotopic (exact) mass is 381 g/mol. The Hall–Kier alpha value is -3.22. The largest absolute Gasteiger partial charge is 0.460 e. The molecule has 1 aliphatic heterocycles. The van der Waals surface area contributed by atoms with Crippen molar-refractivity contribution in [2.24, 2.45) is 0 Å². The maximum Gasteiger partial charge on any atom is 0.329 e. The molecule has 0 bridgehead atoms. The van der Waals surface area contributed by atoms with E-state index < -0.39 is 18.1 Å². The van der Waals surface area contributed by atoms with Crippen molar-refractivity contribution in [2.45, 2.75) is 31.8 Å². The minimum atomic E-state index is -0.759. The van der Waals surface area contributed by atoms with Crippen LogP contribution in [0.1, 0.15) is 30.1 Å². The van der Waals surface area contributed by atoms with Gasteiger partial charge in [0.25, 0.3) is 5.91 Å². The molecule has 3 rings (SSSR count). The van der Waals surface area contributed by atoms with E-state index in [1.165, 1.54) is 11.0 Å². The molecular weight excluding hydrogens is 358 g/mol.